The van der Waals surface area contributed by atoms with Gasteiger partial charge in [-0.15, -0.1) is 0 Å². The number of aliphatic hydroxyl groups is 1. The summed E-state index contributed by atoms with van der Waals surface area (Å²) in [6.45, 7) is 12.4. The van der Waals surface area contributed by atoms with Gasteiger partial charge in [-0.1, -0.05) is 12.1 Å². The van der Waals surface area contributed by atoms with Gasteiger partial charge in [0.2, 0.25) is 0 Å². The Morgan fingerprint density at radius 3 is 2.65 bits per heavy atom. The number of fused-ring (bicyclic) bond motifs is 2. The molecule has 1 atom stereocenters. The van der Waals surface area contributed by atoms with E-state index in [1.807, 2.05) is 50.6 Å². The summed E-state index contributed by atoms with van der Waals surface area (Å²) in [5, 5.41) is 10.3. The first-order valence-electron chi connectivity index (χ1n) is 16.8. The normalized spacial score (nSPS) is 20.2. The molecule has 2 fully saturated rings. The molecule has 0 radical (unpaired) electrons. The Morgan fingerprint density at radius 2 is 1.89 bits per heavy atom. The number of hydrogen-bond donors (Lipinski definition) is 2. The van der Waals surface area contributed by atoms with Gasteiger partial charge in [0.15, 0.2) is 5.65 Å². The predicted octanol–water partition coefficient (Wildman–Crippen LogP) is 4.91. The number of aryl methyl sites for hydroxylation is 1. The molecule has 2 saturated heterocycles. The van der Waals surface area contributed by atoms with Gasteiger partial charge >= 0.3 is 0 Å². The number of H-pyrrole nitrogens is 1. The molecule has 0 bridgehead atoms. The van der Waals surface area contributed by atoms with Gasteiger partial charge in [-0.2, -0.15) is 0 Å². The molecule has 5 heterocycles. The highest BCUT2D eigenvalue weighted by molar-refractivity contribution is 5.96. The van der Waals surface area contributed by atoms with Crippen molar-refractivity contribution in [2.24, 2.45) is 5.92 Å². The number of nitrogens with one attached hydrogen (secondary N) is 1. The average molecular weight is 623 g/mol. The molecule has 7 rings (SSSR count). The van der Waals surface area contributed by atoms with E-state index in [1.54, 1.807) is 4.90 Å². The van der Waals surface area contributed by atoms with E-state index in [1.165, 1.54) is 16.7 Å². The molecule has 9 heteroatoms. The van der Waals surface area contributed by atoms with Crippen molar-refractivity contribution in [3.05, 3.63) is 71.0 Å². The third-order valence-electron chi connectivity index (χ3n) is 10.3. The summed E-state index contributed by atoms with van der Waals surface area (Å²) in [5.41, 5.74) is 9.82. The quantitative estimate of drug-likeness (QED) is 0.288. The van der Waals surface area contributed by atoms with Crippen molar-refractivity contribution in [2.75, 3.05) is 59.5 Å². The molecule has 2 N–H and O–H groups in total. The lowest BCUT2D eigenvalue weighted by atomic mass is 9.92. The van der Waals surface area contributed by atoms with E-state index in [0.717, 1.165) is 112 Å². The minimum absolute atomic E-state index is 0.0292. The Hall–Kier alpha value is -3.63. The van der Waals surface area contributed by atoms with E-state index in [0.29, 0.717) is 18.0 Å². The zero-order valence-electron chi connectivity index (χ0n) is 27.4. The molecule has 3 aliphatic rings. The molecule has 2 aromatic carbocycles. The molecule has 1 amide bonds. The highest BCUT2D eigenvalue weighted by Crippen LogP contribution is 2.32. The molecule has 0 aliphatic carbocycles. The van der Waals surface area contributed by atoms with Crippen LogP contribution in [0.3, 0.4) is 0 Å². The number of benzene rings is 2. The summed E-state index contributed by atoms with van der Waals surface area (Å²) < 4.78 is 5.48. The molecule has 3 aliphatic heterocycles. The van der Waals surface area contributed by atoms with E-state index < -0.39 is 5.60 Å². The van der Waals surface area contributed by atoms with Gasteiger partial charge in [0, 0.05) is 88.3 Å². The topological polar surface area (TPSA) is 97.8 Å². The summed E-state index contributed by atoms with van der Waals surface area (Å²) in [7, 11) is 1.87. The number of rotatable bonds is 8. The van der Waals surface area contributed by atoms with Crippen LogP contribution in [0.5, 0.6) is 0 Å². The fourth-order valence-corrected chi connectivity index (χ4v) is 7.32. The van der Waals surface area contributed by atoms with E-state index in [9.17, 15) is 9.90 Å². The Labute approximate surface area is 271 Å². The van der Waals surface area contributed by atoms with Crippen molar-refractivity contribution in [2.45, 2.75) is 51.7 Å². The second-order valence-electron chi connectivity index (χ2n) is 13.9. The number of aromatic nitrogens is 3. The zero-order chi connectivity index (χ0) is 31.8. The number of nitrogens with zero attached hydrogens (tertiary/aromatic N) is 5. The number of hydrogen-bond acceptors (Lipinski definition) is 7. The van der Waals surface area contributed by atoms with Crippen LogP contribution in [0.2, 0.25) is 0 Å². The molecular weight excluding hydrogens is 576 g/mol. The third kappa shape index (κ3) is 6.60. The van der Waals surface area contributed by atoms with Crippen molar-refractivity contribution in [1.29, 1.82) is 0 Å². The maximum Gasteiger partial charge on any atom is 0.253 e. The standard InChI is InChI=1S/C37H46N6O3/c1-25-18-29(19-30-23-43(12-8-31(25)30)16-15-42-13-10-37(2,45)11-14-42)33-21-39-35-34(40-33)32(20-38-35)27-4-6-28(7-5-27)36(44)41(3)22-26-9-17-46-24-26/h4-7,18-21,26,45H,8-17,22-24H2,1-3H3,(H,38,39)/t26-/m0/s1. The van der Waals surface area contributed by atoms with Gasteiger partial charge in [-0.05, 0) is 86.1 Å². The number of amides is 1. The molecule has 9 nitrogen and oxygen atoms in total. The summed E-state index contributed by atoms with van der Waals surface area (Å²) >= 11 is 0. The Balaban J connectivity index is 1.06. The summed E-state index contributed by atoms with van der Waals surface area (Å²) in [6, 6.07) is 12.4. The van der Waals surface area contributed by atoms with Crippen LogP contribution in [0, 0.1) is 12.8 Å². The van der Waals surface area contributed by atoms with E-state index >= 15 is 0 Å². The van der Waals surface area contributed by atoms with Crippen LogP contribution in [0.25, 0.3) is 33.5 Å². The van der Waals surface area contributed by atoms with Crippen molar-refractivity contribution < 1.29 is 14.6 Å². The van der Waals surface area contributed by atoms with Gasteiger partial charge in [0.05, 0.1) is 24.1 Å². The minimum Gasteiger partial charge on any atom is -0.390 e. The first-order valence-corrected chi connectivity index (χ1v) is 16.8. The largest absolute Gasteiger partial charge is 0.390 e. The van der Waals surface area contributed by atoms with Gasteiger partial charge < -0.3 is 24.6 Å². The van der Waals surface area contributed by atoms with Gasteiger partial charge in [-0.25, -0.2) is 9.97 Å². The van der Waals surface area contributed by atoms with Crippen LogP contribution in [0.4, 0.5) is 0 Å². The van der Waals surface area contributed by atoms with Gasteiger partial charge in [0.1, 0.15) is 5.52 Å². The van der Waals surface area contributed by atoms with Crippen molar-refractivity contribution >= 4 is 17.1 Å². The van der Waals surface area contributed by atoms with E-state index in [-0.39, 0.29) is 5.91 Å². The fourth-order valence-electron chi connectivity index (χ4n) is 7.32. The van der Waals surface area contributed by atoms with Gasteiger partial charge in [0.25, 0.3) is 5.91 Å². The molecule has 46 heavy (non-hydrogen) atoms. The Bertz CT molecular complexity index is 1700. The van der Waals surface area contributed by atoms with Crippen molar-refractivity contribution in [3.63, 3.8) is 0 Å². The second kappa shape index (κ2) is 12.9. The Morgan fingerprint density at radius 1 is 1.11 bits per heavy atom. The SMILES string of the molecule is Cc1cc(-c2cnc3[nH]cc(-c4ccc(C(=O)N(C)C[C@@H]5CCOC5)cc4)c3n2)cc2c1CCN(CCN1CCC(C)(O)CC1)C2. The van der Waals surface area contributed by atoms with Crippen molar-refractivity contribution in [1.82, 2.24) is 29.7 Å². The van der Waals surface area contributed by atoms with E-state index in [4.69, 9.17) is 14.7 Å². The number of aromatic amines is 1. The number of piperidine rings is 1. The van der Waals surface area contributed by atoms with Crippen LogP contribution in [0.1, 0.15) is 53.2 Å². The third-order valence-corrected chi connectivity index (χ3v) is 10.3. The lowest BCUT2D eigenvalue weighted by Gasteiger charge is -2.37. The smallest absolute Gasteiger partial charge is 0.253 e. The maximum atomic E-state index is 13.1. The molecule has 242 valence electrons. The van der Waals surface area contributed by atoms with Crippen LogP contribution in [0.15, 0.2) is 48.8 Å². The summed E-state index contributed by atoms with van der Waals surface area (Å²) in [5.74, 6) is 0.441. The molecule has 0 unspecified atom stereocenters. The molecule has 0 spiro atoms. The summed E-state index contributed by atoms with van der Waals surface area (Å²) in [6.07, 6.45) is 7.60. The zero-order valence-corrected chi connectivity index (χ0v) is 27.4. The summed E-state index contributed by atoms with van der Waals surface area (Å²) in [4.78, 5) is 33.1. The monoisotopic (exact) mass is 622 g/mol. The first-order chi connectivity index (χ1) is 22.2. The number of carbonyl (C=O) groups excluding carboxylic acids is 1. The lowest BCUT2D eigenvalue weighted by molar-refractivity contribution is -0.00730. The van der Waals surface area contributed by atoms with Crippen LogP contribution < -0.4 is 0 Å². The highest BCUT2D eigenvalue weighted by atomic mass is 16.5. The van der Waals surface area contributed by atoms with Crippen LogP contribution in [-0.4, -0.2) is 106 Å². The molecule has 4 aromatic rings. The Kier molecular flexibility index (Phi) is 8.67. The highest BCUT2D eigenvalue weighted by Gasteiger charge is 2.28. The second-order valence-corrected chi connectivity index (χ2v) is 13.9. The number of ether oxygens (including phenoxy) is 1. The fraction of sp³-hybridized carbons (Fsp3) is 0.486. The minimum atomic E-state index is -0.505. The molecular formula is C37H46N6O3. The van der Waals surface area contributed by atoms with Crippen molar-refractivity contribution in [3.8, 4) is 22.4 Å². The van der Waals surface area contributed by atoms with Crippen LogP contribution >= 0.6 is 0 Å². The average Bonchev–Trinajstić information content (AvgIpc) is 3.73. The predicted molar refractivity (Wildman–Crippen MR) is 181 cm³/mol. The lowest BCUT2D eigenvalue weighted by Crippen LogP contribution is -2.45. The van der Waals surface area contributed by atoms with Crippen LogP contribution in [-0.2, 0) is 17.7 Å². The maximum absolute atomic E-state index is 13.1. The first kappa shape index (κ1) is 31.0. The number of likely N-dealkylation sites (tertiary alicyclic amines) is 1. The molecule has 2 aromatic heterocycles. The van der Waals surface area contributed by atoms with E-state index in [2.05, 4.69) is 33.8 Å². The number of carbonyl (C=O) groups is 1. The van der Waals surface area contributed by atoms with Gasteiger partial charge in [-0.3, -0.25) is 9.69 Å². The molecule has 0 saturated carbocycles.